The summed E-state index contributed by atoms with van der Waals surface area (Å²) in [6.07, 6.45) is 2.35. The van der Waals surface area contributed by atoms with Crippen molar-refractivity contribution in [1.29, 1.82) is 0 Å². The first-order chi connectivity index (χ1) is 8.63. The van der Waals surface area contributed by atoms with Crippen LogP contribution < -0.4 is 5.32 Å². The van der Waals surface area contributed by atoms with Gasteiger partial charge in [-0.15, -0.1) is 0 Å². The summed E-state index contributed by atoms with van der Waals surface area (Å²) in [5.74, 6) is 0. The van der Waals surface area contributed by atoms with E-state index >= 15 is 0 Å². The SMILES string of the molecule is COCC12CCNCC1(c1ccc(Cl)c(Cl)c1)C2. The van der Waals surface area contributed by atoms with Crippen molar-refractivity contribution in [3.05, 3.63) is 33.8 Å². The number of methoxy groups -OCH3 is 1. The molecule has 0 amide bonds. The minimum absolute atomic E-state index is 0.190. The molecule has 2 aliphatic rings. The standard InChI is InChI=1S/C14H17Cl2NO/c1-18-9-13-4-5-17-8-14(13,7-13)10-2-3-11(15)12(16)6-10/h2-3,6,17H,4-5,7-9H2,1H3. The average Bonchev–Trinajstić information content (AvgIpc) is 3.03. The maximum absolute atomic E-state index is 6.15. The highest BCUT2D eigenvalue weighted by molar-refractivity contribution is 6.42. The molecular formula is C14H17Cl2NO. The molecule has 1 aliphatic heterocycles. The van der Waals surface area contributed by atoms with Crippen LogP contribution in [-0.2, 0) is 10.2 Å². The molecule has 98 valence electrons. The van der Waals surface area contributed by atoms with Crippen LogP contribution in [0.15, 0.2) is 18.2 Å². The number of benzene rings is 1. The highest BCUT2D eigenvalue weighted by Crippen LogP contribution is 2.67. The van der Waals surface area contributed by atoms with Crippen molar-refractivity contribution in [2.24, 2.45) is 5.41 Å². The smallest absolute Gasteiger partial charge is 0.0595 e. The maximum atomic E-state index is 6.15. The van der Waals surface area contributed by atoms with Crippen LogP contribution in [0.5, 0.6) is 0 Å². The van der Waals surface area contributed by atoms with Gasteiger partial charge in [0, 0.05) is 24.5 Å². The van der Waals surface area contributed by atoms with E-state index in [1.54, 1.807) is 7.11 Å². The molecule has 2 fully saturated rings. The highest BCUT2D eigenvalue weighted by atomic mass is 35.5. The molecule has 1 aliphatic carbocycles. The predicted molar refractivity (Wildman–Crippen MR) is 74.6 cm³/mol. The number of halogens is 2. The molecule has 0 radical (unpaired) electrons. The highest BCUT2D eigenvalue weighted by Gasteiger charge is 2.68. The lowest BCUT2D eigenvalue weighted by Gasteiger charge is -2.31. The lowest BCUT2D eigenvalue weighted by molar-refractivity contribution is 0.112. The summed E-state index contributed by atoms with van der Waals surface area (Å²) in [7, 11) is 1.79. The lowest BCUT2D eigenvalue weighted by Crippen LogP contribution is -2.40. The van der Waals surface area contributed by atoms with Crippen molar-refractivity contribution in [2.75, 3.05) is 26.8 Å². The van der Waals surface area contributed by atoms with Crippen LogP contribution in [0.2, 0.25) is 10.0 Å². The zero-order valence-corrected chi connectivity index (χ0v) is 11.9. The third kappa shape index (κ3) is 1.70. The van der Waals surface area contributed by atoms with Crippen molar-refractivity contribution in [3.8, 4) is 0 Å². The first kappa shape index (κ1) is 12.7. The monoisotopic (exact) mass is 285 g/mol. The Morgan fingerprint density at radius 1 is 1.33 bits per heavy atom. The van der Waals surface area contributed by atoms with Crippen LogP contribution in [0.3, 0.4) is 0 Å². The van der Waals surface area contributed by atoms with E-state index in [-0.39, 0.29) is 5.41 Å². The van der Waals surface area contributed by atoms with E-state index in [2.05, 4.69) is 11.4 Å². The van der Waals surface area contributed by atoms with E-state index < -0.39 is 0 Å². The molecule has 3 rings (SSSR count). The molecule has 0 spiro atoms. The second-order valence-corrected chi connectivity index (χ2v) is 6.34. The van der Waals surface area contributed by atoms with E-state index in [1.165, 1.54) is 18.4 Å². The number of piperidine rings is 1. The van der Waals surface area contributed by atoms with Gasteiger partial charge in [-0.3, -0.25) is 0 Å². The Kier molecular flexibility index (Phi) is 3.10. The Morgan fingerprint density at radius 3 is 2.89 bits per heavy atom. The maximum Gasteiger partial charge on any atom is 0.0595 e. The third-order valence-electron chi connectivity index (χ3n) is 4.63. The zero-order chi connectivity index (χ0) is 12.8. The molecule has 1 heterocycles. The van der Waals surface area contributed by atoms with Gasteiger partial charge in [-0.05, 0) is 37.1 Å². The normalized spacial score (nSPS) is 34.2. The van der Waals surface area contributed by atoms with E-state index in [9.17, 15) is 0 Å². The van der Waals surface area contributed by atoms with Gasteiger partial charge in [0.15, 0.2) is 0 Å². The molecule has 2 unspecified atom stereocenters. The van der Waals surface area contributed by atoms with E-state index in [4.69, 9.17) is 27.9 Å². The van der Waals surface area contributed by atoms with E-state index in [1.807, 2.05) is 12.1 Å². The van der Waals surface area contributed by atoms with E-state index in [0.717, 1.165) is 19.7 Å². The number of ether oxygens (including phenoxy) is 1. The van der Waals surface area contributed by atoms with Gasteiger partial charge in [0.25, 0.3) is 0 Å². The molecule has 18 heavy (non-hydrogen) atoms. The summed E-state index contributed by atoms with van der Waals surface area (Å²) in [4.78, 5) is 0. The van der Waals surface area contributed by atoms with Crippen molar-refractivity contribution in [2.45, 2.75) is 18.3 Å². The second kappa shape index (κ2) is 4.38. The van der Waals surface area contributed by atoms with Crippen molar-refractivity contribution in [1.82, 2.24) is 5.32 Å². The minimum Gasteiger partial charge on any atom is -0.384 e. The van der Waals surface area contributed by atoms with Gasteiger partial charge in [0.05, 0.1) is 16.7 Å². The first-order valence-electron chi connectivity index (χ1n) is 6.29. The molecule has 1 aromatic carbocycles. The van der Waals surface area contributed by atoms with E-state index in [0.29, 0.717) is 15.5 Å². The van der Waals surface area contributed by atoms with Gasteiger partial charge in [-0.1, -0.05) is 29.3 Å². The summed E-state index contributed by atoms with van der Waals surface area (Å²) in [5, 5.41) is 4.77. The quantitative estimate of drug-likeness (QED) is 0.921. The van der Waals surface area contributed by atoms with Crippen LogP contribution in [0.25, 0.3) is 0 Å². The Balaban J connectivity index is 1.97. The van der Waals surface area contributed by atoms with Gasteiger partial charge in [0.2, 0.25) is 0 Å². The van der Waals surface area contributed by atoms with Gasteiger partial charge in [0.1, 0.15) is 0 Å². The molecule has 1 saturated carbocycles. The van der Waals surface area contributed by atoms with Gasteiger partial charge >= 0.3 is 0 Å². The van der Waals surface area contributed by atoms with Crippen LogP contribution >= 0.6 is 23.2 Å². The Hall–Kier alpha value is -0.280. The molecule has 1 aromatic rings. The van der Waals surface area contributed by atoms with Crippen LogP contribution in [0.4, 0.5) is 0 Å². The van der Waals surface area contributed by atoms with Crippen molar-refractivity contribution < 1.29 is 4.74 Å². The van der Waals surface area contributed by atoms with Gasteiger partial charge in [-0.2, -0.15) is 0 Å². The Labute approximate surface area is 118 Å². The third-order valence-corrected chi connectivity index (χ3v) is 5.37. The molecular weight excluding hydrogens is 269 g/mol. The minimum atomic E-state index is 0.190. The second-order valence-electron chi connectivity index (χ2n) is 5.53. The Morgan fingerprint density at radius 2 is 2.17 bits per heavy atom. The average molecular weight is 286 g/mol. The number of rotatable bonds is 3. The predicted octanol–water partition coefficient (Wildman–Crippen LogP) is 3.26. The number of hydrogen-bond acceptors (Lipinski definition) is 2. The zero-order valence-electron chi connectivity index (χ0n) is 10.4. The first-order valence-corrected chi connectivity index (χ1v) is 7.04. The van der Waals surface area contributed by atoms with Crippen molar-refractivity contribution >= 4 is 23.2 Å². The summed E-state index contributed by atoms with van der Waals surface area (Å²) in [6, 6.07) is 6.03. The number of fused-ring (bicyclic) bond motifs is 1. The van der Waals surface area contributed by atoms with Crippen molar-refractivity contribution in [3.63, 3.8) is 0 Å². The number of hydrogen-bond donors (Lipinski definition) is 1. The summed E-state index contributed by atoms with van der Waals surface area (Å²) < 4.78 is 5.44. The topological polar surface area (TPSA) is 21.3 Å². The van der Waals surface area contributed by atoms with Crippen LogP contribution in [0, 0.1) is 5.41 Å². The molecule has 0 aromatic heterocycles. The summed E-state index contributed by atoms with van der Waals surface area (Å²) in [6.45, 7) is 2.91. The molecule has 1 N–H and O–H groups in total. The molecule has 2 nitrogen and oxygen atoms in total. The summed E-state index contributed by atoms with van der Waals surface area (Å²) in [5.41, 5.74) is 1.78. The molecule has 4 heteroatoms. The number of nitrogens with one attached hydrogen (secondary N) is 1. The van der Waals surface area contributed by atoms with Gasteiger partial charge < -0.3 is 10.1 Å². The fraction of sp³-hybridized carbons (Fsp3) is 0.571. The molecule has 2 atom stereocenters. The lowest BCUT2D eigenvalue weighted by atomic mass is 9.82. The summed E-state index contributed by atoms with van der Waals surface area (Å²) >= 11 is 12.2. The molecule has 0 bridgehead atoms. The molecule has 1 saturated heterocycles. The fourth-order valence-electron chi connectivity index (χ4n) is 3.58. The van der Waals surface area contributed by atoms with Gasteiger partial charge in [-0.25, -0.2) is 0 Å². The Bertz CT molecular complexity index is 475. The largest absolute Gasteiger partial charge is 0.384 e. The van der Waals surface area contributed by atoms with Crippen LogP contribution in [-0.4, -0.2) is 26.8 Å². The van der Waals surface area contributed by atoms with Crippen LogP contribution in [0.1, 0.15) is 18.4 Å². The fourth-order valence-corrected chi connectivity index (χ4v) is 3.88.